The predicted molar refractivity (Wildman–Crippen MR) is 32.6 cm³/mol. The molecule has 0 saturated carbocycles. The van der Waals surface area contributed by atoms with Gasteiger partial charge >= 0.3 is 0 Å². The number of hydrogen-bond acceptors (Lipinski definition) is 3. The first-order valence-corrected chi connectivity index (χ1v) is 3.14. The van der Waals surface area contributed by atoms with Crippen LogP contribution < -0.4 is 10.8 Å². The minimum absolute atomic E-state index is 0.495. The van der Waals surface area contributed by atoms with E-state index in [2.05, 4.69) is 9.85 Å². The van der Waals surface area contributed by atoms with Gasteiger partial charge < -0.3 is 5.73 Å². The van der Waals surface area contributed by atoms with E-state index in [4.69, 9.17) is 5.73 Å². The van der Waals surface area contributed by atoms with Gasteiger partial charge in [-0.05, 0) is 0 Å². The molecule has 0 aliphatic carbocycles. The lowest BCUT2D eigenvalue weighted by Gasteiger charge is -2.06. The highest BCUT2D eigenvalue weighted by Gasteiger charge is 1.96. The molecule has 1 heterocycles. The Bertz CT molecular complexity index is 90.2. The molecule has 0 fully saturated rings. The Hall–Kier alpha value is -0.140. The second kappa shape index (κ2) is 2.24. The Labute approximate surface area is 44.3 Å². The normalized spacial score (nSPS) is 24.9. The number of amidine groups is 1. The lowest BCUT2D eigenvalue weighted by molar-refractivity contribution is 0.936. The summed E-state index contributed by atoms with van der Waals surface area (Å²) in [6.07, 6.45) is 0.910. The summed E-state index contributed by atoms with van der Waals surface area (Å²) in [5.74, 6) is 0.789. The first-order valence-electron chi connectivity index (χ1n) is 2.19. The molecule has 0 aromatic heterocycles. The molecule has 1 rings (SSSR count). The number of nitrogens with zero attached hydrogens (tertiary/aromatic N) is 1. The molecule has 0 amide bonds. The molecular formula is C3H8N3P. The largest absolute Gasteiger partial charge is 0.387 e. The summed E-state index contributed by atoms with van der Waals surface area (Å²) >= 11 is 0. The van der Waals surface area contributed by atoms with Crippen LogP contribution in [0.3, 0.4) is 0 Å². The second-order valence-corrected chi connectivity index (χ2v) is 2.19. The SMILES string of the molecule is NC1=NPNCC1. The fourth-order valence-electron chi connectivity index (χ4n) is 0.414. The third-order valence-corrected chi connectivity index (χ3v) is 1.59. The quantitative estimate of drug-likeness (QED) is 0.433. The van der Waals surface area contributed by atoms with E-state index in [0.717, 1.165) is 18.8 Å². The van der Waals surface area contributed by atoms with Crippen LogP contribution in [-0.2, 0) is 0 Å². The summed E-state index contributed by atoms with van der Waals surface area (Å²) in [5, 5.41) is 3.08. The van der Waals surface area contributed by atoms with Gasteiger partial charge in [0.2, 0.25) is 0 Å². The lowest BCUT2D eigenvalue weighted by atomic mass is 10.4. The third-order valence-electron chi connectivity index (χ3n) is 0.785. The minimum atomic E-state index is 0.495. The molecule has 40 valence electrons. The zero-order chi connectivity index (χ0) is 5.11. The molecule has 0 spiro atoms. The van der Waals surface area contributed by atoms with Crippen LogP contribution in [-0.4, -0.2) is 12.4 Å². The first kappa shape index (κ1) is 5.01. The third kappa shape index (κ3) is 1.41. The monoisotopic (exact) mass is 117 g/mol. The molecule has 0 aromatic rings. The van der Waals surface area contributed by atoms with E-state index in [1.807, 2.05) is 0 Å². The standard InChI is InChI=1S/C3H8N3P/c4-3-1-2-5-7-6-3/h5,7H,1-2H2,(H2,4,6). The van der Waals surface area contributed by atoms with E-state index < -0.39 is 0 Å². The van der Waals surface area contributed by atoms with Crippen molar-refractivity contribution in [3.05, 3.63) is 0 Å². The predicted octanol–water partition coefficient (Wildman–Crippen LogP) is -0.155. The van der Waals surface area contributed by atoms with E-state index in [1.54, 1.807) is 0 Å². The van der Waals surface area contributed by atoms with E-state index >= 15 is 0 Å². The molecule has 3 nitrogen and oxygen atoms in total. The van der Waals surface area contributed by atoms with Crippen LogP contribution in [0.5, 0.6) is 0 Å². The molecule has 0 aromatic carbocycles. The van der Waals surface area contributed by atoms with Crippen molar-refractivity contribution in [3.8, 4) is 0 Å². The number of hydrogen-bond donors (Lipinski definition) is 2. The maximum absolute atomic E-state index is 5.35. The zero-order valence-electron chi connectivity index (χ0n) is 3.94. The molecule has 4 heteroatoms. The second-order valence-electron chi connectivity index (χ2n) is 1.39. The number of rotatable bonds is 0. The van der Waals surface area contributed by atoms with Crippen LogP contribution >= 0.6 is 8.88 Å². The van der Waals surface area contributed by atoms with E-state index in [1.165, 1.54) is 0 Å². The highest BCUT2D eigenvalue weighted by Crippen LogP contribution is 2.08. The summed E-state index contributed by atoms with van der Waals surface area (Å²) in [6, 6.07) is 0. The Kier molecular flexibility index (Phi) is 1.60. The molecule has 7 heavy (non-hydrogen) atoms. The average Bonchev–Trinajstić information content (AvgIpc) is 1.69. The van der Waals surface area contributed by atoms with Gasteiger partial charge in [-0.2, -0.15) is 0 Å². The maximum Gasteiger partial charge on any atom is 0.100 e. The van der Waals surface area contributed by atoms with Gasteiger partial charge in [0.1, 0.15) is 5.84 Å². The van der Waals surface area contributed by atoms with E-state index in [0.29, 0.717) is 8.88 Å². The van der Waals surface area contributed by atoms with Crippen molar-refractivity contribution in [2.45, 2.75) is 6.42 Å². The highest BCUT2D eigenvalue weighted by molar-refractivity contribution is 7.34. The molecule has 0 radical (unpaired) electrons. The van der Waals surface area contributed by atoms with Crippen molar-refractivity contribution in [1.29, 1.82) is 0 Å². The van der Waals surface area contributed by atoms with E-state index in [-0.39, 0.29) is 0 Å². The smallest absolute Gasteiger partial charge is 0.100 e. The summed E-state index contributed by atoms with van der Waals surface area (Å²) in [7, 11) is 0.495. The van der Waals surface area contributed by atoms with Crippen LogP contribution in [0.4, 0.5) is 0 Å². The molecular weight excluding hydrogens is 109 g/mol. The summed E-state index contributed by atoms with van der Waals surface area (Å²) in [5.41, 5.74) is 5.35. The topological polar surface area (TPSA) is 50.4 Å². The Morgan fingerprint density at radius 3 is 3.00 bits per heavy atom. The van der Waals surface area contributed by atoms with Crippen molar-refractivity contribution >= 4 is 14.7 Å². The number of nitrogens with one attached hydrogen (secondary N) is 1. The number of nitrogens with two attached hydrogens (primary N) is 1. The average molecular weight is 117 g/mol. The summed E-state index contributed by atoms with van der Waals surface area (Å²) in [4.78, 5) is 0. The molecule has 1 aliphatic heterocycles. The fourth-order valence-corrected chi connectivity index (χ4v) is 0.985. The van der Waals surface area contributed by atoms with Gasteiger partial charge in [0.25, 0.3) is 0 Å². The zero-order valence-corrected chi connectivity index (χ0v) is 4.94. The van der Waals surface area contributed by atoms with Crippen molar-refractivity contribution in [2.24, 2.45) is 10.5 Å². The van der Waals surface area contributed by atoms with Crippen LogP contribution in [0.25, 0.3) is 0 Å². The van der Waals surface area contributed by atoms with Crippen molar-refractivity contribution in [1.82, 2.24) is 5.09 Å². The molecule has 1 aliphatic rings. The summed E-state index contributed by atoms with van der Waals surface area (Å²) < 4.78 is 3.94. The molecule has 0 bridgehead atoms. The van der Waals surface area contributed by atoms with Crippen molar-refractivity contribution in [2.75, 3.05) is 6.54 Å². The maximum atomic E-state index is 5.35. The Balaban J connectivity index is 2.40. The lowest BCUT2D eigenvalue weighted by Crippen LogP contribution is -2.20. The van der Waals surface area contributed by atoms with Crippen molar-refractivity contribution in [3.63, 3.8) is 0 Å². The minimum Gasteiger partial charge on any atom is -0.387 e. The van der Waals surface area contributed by atoms with Crippen LogP contribution in [0.2, 0.25) is 0 Å². The van der Waals surface area contributed by atoms with Gasteiger partial charge in [0.05, 0.1) is 8.88 Å². The summed E-state index contributed by atoms with van der Waals surface area (Å²) in [6.45, 7) is 0.994. The molecule has 0 saturated heterocycles. The van der Waals surface area contributed by atoms with Gasteiger partial charge in [0, 0.05) is 13.0 Å². The first-order chi connectivity index (χ1) is 3.39. The van der Waals surface area contributed by atoms with Crippen LogP contribution in [0.15, 0.2) is 4.76 Å². The molecule has 1 atom stereocenters. The van der Waals surface area contributed by atoms with E-state index in [9.17, 15) is 0 Å². The Morgan fingerprint density at radius 1 is 1.86 bits per heavy atom. The van der Waals surface area contributed by atoms with Gasteiger partial charge in [-0.1, -0.05) is 0 Å². The van der Waals surface area contributed by atoms with Gasteiger partial charge in [-0.15, -0.1) is 0 Å². The van der Waals surface area contributed by atoms with Crippen molar-refractivity contribution < 1.29 is 0 Å². The van der Waals surface area contributed by atoms with Gasteiger partial charge in [-0.3, -0.25) is 5.09 Å². The van der Waals surface area contributed by atoms with Gasteiger partial charge in [0.15, 0.2) is 0 Å². The van der Waals surface area contributed by atoms with Crippen LogP contribution in [0, 0.1) is 0 Å². The fraction of sp³-hybridized carbons (Fsp3) is 0.667. The molecule has 1 unspecified atom stereocenters. The van der Waals surface area contributed by atoms with Gasteiger partial charge in [-0.25, -0.2) is 4.76 Å². The highest BCUT2D eigenvalue weighted by atomic mass is 31.1. The van der Waals surface area contributed by atoms with Crippen LogP contribution in [0.1, 0.15) is 6.42 Å². The molecule has 3 N–H and O–H groups in total. The Morgan fingerprint density at radius 2 is 2.71 bits per heavy atom.